The number of alkyl halides is 1. The maximum Gasteiger partial charge on any atom is 0.386 e. The van der Waals surface area contributed by atoms with Gasteiger partial charge in [-0.3, -0.25) is 74.8 Å². The molecular formula is C64H73FN28O29P6S6. The number of hydrogen-bond acceptors (Lipinski definition) is 48. The minimum Gasteiger partial charge on any atom is -0.397 e. The number of aromatic nitrogens is 22. The van der Waals surface area contributed by atoms with Crippen LogP contribution in [-0.4, -0.2) is 276 Å². The second-order valence-corrected chi connectivity index (χ2v) is 48.7. The highest BCUT2D eigenvalue weighted by Gasteiger charge is 2.68. The van der Waals surface area contributed by atoms with Crippen LogP contribution >= 0.6 is 52.6 Å². The molecule has 8 unspecified atom stereocenters. The average Bonchev–Trinajstić information content (AvgIpc) is 1.56. The summed E-state index contributed by atoms with van der Waals surface area (Å²) in [6.45, 7) is -26.5. The lowest BCUT2D eigenvalue weighted by molar-refractivity contribution is -0.183. The first kappa shape index (κ1) is 92.7. The van der Waals surface area contributed by atoms with E-state index in [9.17, 15) is 43.4 Å². The number of aromatic amines is 3. The molecule has 10 bridgehead atoms. The number of pyridine rings is 3. The van der Waals surface area contributed by atoms with Crippen LogP contribution in [0.5, 0.6) is 0 Å². The number of thiol groups is 1. The number of anilines is 6. The van der Waals surface area contributed by atoms with Gasteiger partial charge in [0.2, 0.25) is 17.8 Å². The summed E-state index contributed by atoms with van der Waals surface area (Å²) >= 11 is 30.9. The lowest BCUT2D eigenvalue weighted by atomic mass is 10.0. The van der Waals surface area contributed by atoms with Crippen LogP contribution in [0, 0.1) is 0 Å². The molecule has 20 N–H and O–H groups in total. The molecule has 0 radical (unpaired) electrons. The molecule has 0 aromatic carbocycles. The van der Waals surface area contributed by atoms with Crippen molar-refractivity contribution in [3.63, 3.8) is 0 Å². The summed E-state index contributed by atoms with van der Waals surface area (Å²) in [5, 5.41) is 7.88. The normalized spacial score (nSPS) is 37.9. The van der Waals surface area contributed by atoms with Crippen LogP contribution in [0.1, 0.15) is 56.6 Å². The summed E-state index contributed by atoms with van der Waals surface area (Å²) in [5.74, 6) is -0.440. The first-order chi connectivity index (χ1) is 63.7. The molecule has 11 aliphatic rings. The minimum atomic E-state index is -4.15. The molecule has 134 heavy (non-hydrogen) atoms. The van der Waals surface area contributed by atoms with E-state index in [1.807, 2.05) is 0 Å². The number of nitrogens with two attached hydrogens (primary N) is 6. The molecule has 11 fully saturated rings. The molecular weight excluding hydrogens is 2020 g/mol. The summed E-state index contributed by atoms with van der Waals surface area (Å²) < 4.78 is 157. The fourth-order valence-corrected chi connectivity index (χ4v) is 26.1. The van der Waals surface area contributed by atoms with Crippen molar-refractivity contribution in [3.05, 3.63) is 99.5 Å². The molecule has 716 valence electrons. The molecule has 27 atom stereocenters. The molecule has 0 amide bonds. The highest BCUT2D eigenvalue weighted by molar-refractivity contribution is 8.44. The van der Waals surface area contributed by atoms with E-state index in [4.69, 9.17) is 186 Å². The Labute approximate surface area is 776 Å². The Morgan fingerprint density at radius 1 is 0.410 bits per heavy atom. The third-order valence-electron chi connectivity index (χ3n) is 23.2. The van der Waals surface area contributed by atoms with E-state index in [2.05, 4.69) is 92.3 Å². The van der Waals surface area contributed by atoms with Gasteiger partial charge < -0.3 is 128 Å². The lowest BCUT2D eigenvalue weighted by Gasteiger charge is -2.33. The predicted molar refractivity (Wildman–Crippen MR) is 475 cm³/mol. The van der Waals surface area contributed by atoms with E-state index in [-0.39, 0.29) is 127 Å². The van der Waals surface area contributed by atoms with Crippen molar-refractivity contribution in [2.45, 2.75) is 147 Å². The topological polar surface area (TPSA) is 755 Å². The van der Waals surface area contributed by atoms with Gasteiger partial charge in [0, 0.05) is 37.9 Å². The molecule has 0 spiro atoms. The zero-order chi connectivity index (χ0) is 93.6. The predicted octanol–water partition coefficient (Wildman–Crippen LogP) is 0.586. The Hall–Kier alpha value is -7.60. The third-order valence-corrected chi connectivity index (χ3v) is 32.6. The van der Waals surface area contributed by atoms with E-state index < -0.39 is 198 Å². The van der Waals surface area contributed by atoms with E-state index in [1.54, 1.807) is 21.3 Å². The van der Waals surface area contributed by atoms with E-state index in [0.29, 0.717) is 33.7 Å². The second kappa shape index (κ2) is 34.7. The Bertz CT molecular complexity index is 6940. The van der Waals surface area contributed by atoms with Crippen LogP contribution in [0.2, 0.25) is 0 Å². The largest absolute Gasteiger partial charge is 0.397 e. The van der Waals surface area contributed by atoms with Gasteiger partial charge in [0.25, 0.3) is 16.7 Å². The maximum absolute atomic E-state index is 16.0. The number of nitrogens with zero attached hydrogens (tertiary/aromatic N) is 19. The van der Waals surface area contributed by atoms with Gasteiger partial charge in [-0.1, -0.05) is 17.5 Å². The number of H-pyrrole nitrogens is 3. The quantitative estimate of drug-likeness (QED) is 0.0800. The number of halogens is 1. The molecule has 23 heterocycles. The van der Waals surface area contributed by atoms with Gasteiger partial charge in [-0.25, -0.2) is 48.8 Å². The number of fused-ring (bicyclic) bond motifs is 13. The number of hydrogen-bond donors (Lipinski definition) is 15. The lowest BCUT2D eigenvalue weighted by Crippen LogP contribution is -2.45. The van der Waals surface area contributed by atoms with E-state index in [1.165, 1.54) is 70.0 Å². The second-order valence-electron chi connectivity index (χ2n) is 31.8. The summed E-state index contributed by atoms with van der Waals surface area (Å²) in [4.78, 5) is 146. The molecule has 12 aromatic heterocycles. The Morgan fingerprint density at radius 2 is 0.776 bits per heavy atom. The van der Waals surface area contributed by atoms with Crippen molar-refractivity contribution in [2.24, 2.45) is 0 Å². The van der Waals surface area contributed by atoms with Crippen molar-refractivity contribution in [1.29, 1.82) is 0 Å². The SMILES string of the molecule is Nc1nc2c(ncn2[C@@H]2O[C@@H]3COP(O)(=S)OC4[C@H]5OC[C@]4(COP(=O)(S)O[C@@H]2C3)O[C@H]5n2cnc3c(N)ccnc32)c(=O)[nH]1.Nc1nc2c(ncn2[C@@H]2O[C@@H]3COP(O)(=S)OC4[C@H]5OC[C@]4(COP(O)(=S)O[C@@H]2C3)O[C@H]5n2cnc3c(N)ccnc32)c(=O)[nH]1.Nc1nc2c(ncn2[C@@H]2O[C@@H]3COP(O)(=S)O[C@H]4[C@H](F)[C@H](n5nnc6c(N)ccnc65)O[C@@H]4COP(O)(=S)O[C@@H]2C3)c(=O)[nH]1. The van der Waals surface area contributed by atoms with Gasteiger partial charge in [0.15, 0.2) is 99.5 Å². The molecule has 57 nitrogen and oxygen atoms in total. The first-order valence-corrected chi connectivity index (χ1v) is 55.4. The molecule has 12 aromatic rings. The number of nitrogen functional groups attached to an aromatic ring is 6. The molecule has 70 heteroatoms. The number of ether oxygens (including phenoxy) is 8. The van der Waals surface area contributed by atoms with E-state index >= 15 is 4.39 Å². The van der Waals surface area contributed by atoms with Crippen LogP contribution in [0.3, 0.4) is 0 Å². The van der Waals surface area contributed by atoms with Crippen molar-refractivity contribution in [3.8, 4) is 0 Å². The number of imidazole rings is 5. The Kier molecular flexibility index (Phi) is 24.0. The van der Waals surface area contributed by atoms with Crippen molar-refractivity contribution < 1.29 is 126 Å². The van der Waals surface area contributed by atoms with Crippen molar-refractivity contribution >= 4 is 214 Å². The zero-order valence-corrected chi connectivity index (χ0v) is 78.0. The fraction of sp³-hybridized carbons (Fsp3) is 0.500. The number of nitrogens with one attached hydrogen (secondary N) is 3. The van der Waals surface area contributed by atoms with Crippen LogP contribution in [0.15, 0.2) is 82.8 Å². The highest BCUT2D eigenvalue weighted by Crippen LogP contribution is 2.64. The Balaban J connectivity index is 0.000000121. The first-order valence-electron chi connectivity index (χ1n) is 39.8. The van der Waals surface area contributed by atoms with Crippen molar-refractivity contribution in [1.82, 2.24) is 108 Å². The summed E-state index contributed by atoms with van der Waals surface area (Å²) in [6.07, 6.45) is -8.22. The zero-order valence-electron chi connectivity index (χ0n) is 67.6. The van der Waals surface area contributed by atoms with Gasteiger partial charge >= 0.3 is 40.4 Å². The summed E-state index contributed by atoms with van der Waals surface area (Å²) in [7, 11) is 0. The molecule has 23 rings (SSSR count). The van der Waals surface area contributed by atoms with E-state index in [0.717, 1.165) is 4.68 Å². The van der Waals surface area contributed by atoms with Crippen LogP contribution in [-0.2, 0) is 156 Å². The van der Waals surface area contributed by atoms with Gasteiger partial charge in [-0.05, 0) is 77.2 Å². The summed E-state index contributed by atoms with van der Waals surface area (Å²) in [6, 6.07) is 4.75. The smallest absolute Gasteiger partial charge is 0.386 e. The monoisotopic (exact) mass is 2090 g/mol. The van der Waals surface area contributed by atoms with Crippen molar-refractivity contribution in [2.75, 3.05) is 87.3 Å². The third kappa shape index (κ3) is 17.4. The molecule has 0 saturated carbocycles. The molecule has 11 aliphatic heterocycles. The Morgan fingerprint density at radius 3 is 1.22 bits per heavy atom. The highest BCUT2D eigenvalue weighted by atomic mass is 32.7. The van der Waals surface area contributed by atoms with Crippen LogP contribution in [0.25, 0.3) is 67.0 Å². The fourth-order valence-electron chi connectivity index (χ4n) is 17.3. The van der Waals surface area contributed by atoms with Gasteiger partial charge in [-0.2, -0.15) is 19.6 Å². The standard InChI is InChI=1S/2C22H25N9O10P2S2.C20H23FN10O9P2S2/c2*23-10-1-2-25-16-12(10)26-7-30(16)20-14-15-22(39-20,5-35-14)6-37-43(34,45)40-11-3-9(4-36-42(33,44)41-15)38-19(11)31-8-27-13-17(31)28-21(24)29-18(13)32;21-11-14-10(38-19(11)31-15-12(28-29-31)8(22)1-2-24-15)5-36-41(33,43)39-9-3-7(4-35-42(34,44)40-14)37-18(9)30-6-25-13-16(30)26-20(23)27-17(13)32/h2*1-2,7-9,11,14-15,19-20H,3-6H2,(H2,23,25)(H,33,44)(H,34,45)(H3,24,28,29,32);1-2,6-7,9-11,14,18-19H,3-5H2,(H2,22,24)(H,33,43)(H,34,44)(H3,23,26,27,32)/t2*9-,11+,14+,15?,19+,20+,22+,42?,43?;7-,9+,10+,11-,14+,18+,19+,41?,42?/m000/s1. The van der Waals surface area contributed by atoms with Gasteiger partial charge in [0.1, 0.15) is 77.2 Å². The van der Waals surface area contributed by atoms with Crippen LogP contribution in [0.4, 0.5) is 39.3 Å². The van der Waals surface area contributed by atoms with Gasteiger partial charge in [-0.15, -0.1) is 5.10 Å². The minimum absolute atomic E-state index is 0.00245. The maximum atomic E-state index is 16.0. The molecule has 11 saturated heterocycles. The average molecular weight is 2100 g/mol. The summed E-state index contributed by atoms with van der Waals surface area (Å²) in [5.41, 5.74) is 34.3. The number of rotatable bonds is 6. The molecule has 0 aliphatic carbocycles. The van der Waals surface area contributed by atoms with Crippen LogP contribution < -0.4 is 51.1 Å². The van der Waals surface area contributed by atoms with Gasteiger partial charge in [0.05, 0.1) is 120 Å².